The molecule has 0 unspecified atom stereocenters. The van der Waals surface area contributed by atoms with Crippen molar-refractivity contribution in [3.63, 3.8) is 0 Å². The minimum absolute atomic E-state index is 0.0282. The first-order chi connectivity index (χ1) is 11.6. The molecular weight excluding hydrogens is 370 g/mol. The van der Waals surface area contributed by atoms with Crippen LogP contribution in [0.15, 0.2) is 45.8 Å². The van der Waals surface area contributed by atoms with Gasteiger partial charge >= 0.3 is 0 Å². The van der Waals surface area contributed by atoms with Crippen LogP contribution in [0, 0.1) is 0 Å². The highest BCUT2D eigenvalue weighted by Gasteiger charge is 2.11. The molecule has 1 N–H and O–H groups in total. The minimum Gasteiger partial charge on any atom is -0.356 e. The molecular formula is C18H20BrN3O2. The van der Waals surface area contributed by atoms with Crippen molar-refractivity contribution >= 4 is 38.4 Å². The molecule has 3 aromatic rings. The van der Waals surface area contributed by atoms with Crippen LogP contribution in [0.1, 0.15) is 26.2 Å². The molecule has 0 aliphatic heterocycles. The Hall–Kier alpha value is -2.08. The lowest BCUT2D eigenvalue weighted by Crippen LogP contribution is -2.26. The van der Waals surface area contributed by atoms with Crippen LogP contribution in [0.2, 0.25) is 0 Å². The summed E-state index contributed by atoms with van der Waals surface area (Å²) in [5, 5.41) is 2.87. The van der Waals surface area contributed by atoms with Crippen LogP contribution in [-0.4, -0.2) is 21.4 Å². The Morgan fingerprint density at radius 1 is 1.21 bits per heavy atom. The zero-order valence-electron chi connectivity index (χ0n) is 13.6. The molecule has 126 valence electrons. The Morgan fingerprint density at radius 3 is 2.83 bits per heavy atom. The summed E-state index contributed by atoms with van der Waals surface area (Å²) in [5.74, 6) is 0.0409. The molecule has 0 aliphatic rings. The molecule has 3 rings (SSSR count). The molecule has 24 heavy (non-hydrogen) atoms. The molecule has 0 saturated carbocycles. The van der Waals surface area contributed by atoms with E-state index in [-0.39, 0.29) is 11.5 Å². The first kappa shape index (κ1) is 16.8. The van der Waals surface area contributed by atoms with Gasteiger partial charge < -0.3 is 14.3 Å². The van der Waals surface area contributed by atoms with E-state index in [1.807, 2.05) is 47.9 Å². The highest BCUT2D eigenvalue weighted by molar-refractivity contribution is 9.10. The average molecular weight is 390 g/mol. The predicted molar refractivity (Wildman–Crippen MR) is 99.4 cm³/mol. The SMILES string of the molecule is CCCNC(=O)CCCn1c(=O)c2cccn2c2ccc(Br)cc21. The van der Waals surface area contributed by atoms with E-state index in [2.05, 4.69) is 21.2 Å². The first-order valence-electron chi connectivity index (χ1n) is 8.17. The number of carbonyl (C=O) groups excluding carboxylic acids is 1. The van der Waals surface area contributed by atoms with Crippen molar-refractivity contribution in [1.29, 1.82) is 0 Å². The smallest absolute Gasteiger partial charge is 0.275 e. The number of aromatic nitrogens is 2. The summed E-state index contributed by atoms with van der Waals surface area (Å²) in [5.41, 5.74) is 2.47. The van der Waals surface area contributed by atoms with E-state index in [1.54, 1.807) is 4.57 Å². The lowest BCUT2D eigenvalue weighted by Gasteiger charge is -2.13. The van der Waals surface area contributed by atoms with E-state index in [4.69, 9.17) is 0 Å². The third-order valence-electron chi connectivity index (χ3n) is 4.06. The normalized spacial score (nSPS) is 11.2. The number of nitrogens with one attached hydrogen (secondary N) is 1. The van der Waals surface area contributed by atoms with Crippen LogP contribution in [0.3, 0.4) is 0 Å². The third-order valence-corrected chi connectivity index (χ3v) is 4.55. The summed E-state index contributed by atoms with van der Waals surface area (Å²) < 4.78 is 4.60. The van der Waals surface area contributed by atoms with Crippen molar-refractivity contribution in [3.8, 4) is 0 Å². The maximum Gasteiger partial charge on any atom is 0.275 e. The van der Waals surface area contributed by atoms with Gasteiger partial charge in [-0.1, -0.05) is 22.9 Å². The highest BCUT2D eigenvalue weighted by atomic mass is 79.9. The summed E-state index contributed by atoms with van der Waals surface area (Å²) in [7, 11) is 0. The number of aryl methyl sites for hydroxylation is 1. The largest absolute Gasteiger partial charge is 0.356 e. The summed E-state index contributed by atoms with van der Waals surface area (Å²) >= 11 is 3.48. The molecule has 2 heterocycles. The van der Waals surface area contributed by atoms with Crippen molar-refractivity contribution in [1.82, 2.24) is 14.3 Å². The quantitative estimate of drug-likeness (QED) is 0.702. The minimum atomic E-state index is -0.0282. The van der Waals surface area contributed by atoms with E-state index in [9.17, 15) is 9.59 Å². The van der Waals surface area contributed by atoms with Crippen molar-refractivity contribution in [2.75, 3.05) is 6.54 Å². The standard InChI is InChI=1S/C18H20BrN3O2/c1-2-9-20-17(23)6-4-11-22-16-12-13(19)7-8-14(16)21-10-3-5-15(21)18(22)24/h3,5,7-8,10,12H,2,4,6,9,11H2,1H3,(H,20,23). The molecule has 2 aromatic heterocycles. The zero-order chi connectivity index (χ0) is 17.1. The van der Waals surface area contributed by atoms with Crippen LogP contribution >= 0.6 is 15.9 Å². The van der Waals surface area contributed by atoms with E-state index in [0.29, 0.717) is 31.4 Å². The molecule has 6 heteroatoms. The molecule has 0 bridgehead atoms. The summed E-state index contributed by atoms with van der Waals surface area (Å²) in [4.78, 5) is 24.5. The number of benzene rings is 1. The molecule has 1 aromatic carbocycles. The van der Waals surface area contributed by atoms with Crippen molar-refractivity contribution in [2.24, 2.45) is 0 Å². The first-order valence-corrected chi connectivity index (χ1v) is 8.97. The summed E-state index contributed by atoms with van der Waals surface area (Å²) in [6.45, 7) is 3.24. The summed E-state index contributed by atoms with van der Waals surface area (Å²) in [6, 6.07) is 9.62. The van der Waals surface area contributed by atoms with Gasteiger partial charge in [0.15, 0.2) is 0 Å². The number of carbonyl (C=O) groups is 1. The fraction of sp³-hybridized carbons (Fsp3) is 0.333. The van der Waals surface area contributed by atoms with E-state index in [0.717, 1.165) is 21.9 Å². The lowest BCUT2D eigenvalue weighted by molar-refractivity contribution is -0.121. The fourth-order valence-electron chi connectivity index (χ4n) is 2.90. The number of fused-ring (bicyclic) bond motifs is 3. The average Bonchev–Trinajstić information content (AvgIpc) is 3.05. The lowest BCUT2D eigenvalue weighted by atomic mass is 10.2. The van der Waals surface area contributed by atoms with Crippen LogP contribution in [0.5, 0.6) is 0 Å². The molecule has 0 fully saturated rings. The van der Waals surface area contributed by atoms with Crippen molar-refractivity contribution < 1.29 is 4.79 Å². The topological polar surface area (TPSA) is 55.5 Å². The van der Waals surface area contributed by atoms with Gasteiger partial charge in [-0.05, 0) is 43.2 Å². The number of hydrogen-bond acceptors (Lipinski definition) is 2. The van der Waals surface area contributed by atoms with E-state index in [1.165, 1.54) is 0 Å². The van der Waals surface area contributed by atoms with Crippen LogP contribution in [0.25, 0.3) is 16.6 Å². The van der Waals surface area contributed by atoms with Gasteiger partial charge in [-0.25, -0.2) is 0 Å². The number of nitrogens with zero attached hydrogens (tertiary/aromatic N) is 2. The second kappa shape index (κ2) is 7.21. The van der Waals surface area contributed by atoms with Crippen molar-refractivity contribution in [2.45, 2.75) is 32.7 Å². The maximum atomic E-state index is 12.8. The number of amides is 1. The Balaban J connectivity index is 1.93. The molecule has 5 nitrogen and oxygen atoms in total. The number of hydrogen-bond donors (Lipinski definition) is 1. The van der Waals surface area contributed by atoms with Crippen molar-refractivity contribution in [3.05, 3.63) is 51.4 Å². The highest BCUT2D eigenvalue weighted by Crippen LogP contribution is 2.20. The van der Waals surface area contributed by atoms with E-state index >= 15 is 0 Å². The second-order valence-corrected chi connectivity index (χ2v) is 6.72. The maximum absolute atomic E-state index is 12.8. The van der Waals surface area contributed by atoms with Gasteiger partial charge in [0.2, 0.25) is 5.91 Å². The van der Waals surface area contributed by atoms with Crippen LogP contribution < -0.4 is 10.9 Å². The van der Waals surface area contributed by atoms with Crippen LogP contribution in [-0.2, 0) is 11.3 Å². The molecule has 0 radical (unpaired) electrons. The zero-order valence-corrected chi connectivity index (χ0v) is 15.2. The van der Waals surface area contributed by atoms with Gasteiger partial charge in [0.1, 0.15) is 5.52 Å². The Kier molecular flexibility index (Phi) is 5.04. The van der Waals surface area contributed by atoms with Gasteiger partial charge in [0, 0.05) is 30.2 Å². The Labute approximate surface area is 148 Å². The second-order valence-electron chi connectivity index (χ2n) is 5.81. The van der Waals surface area contributed by atoms with E-state index < -0.39 is 0 Å². The Morgan fingerprint density at radius 2 is 2.04 bits per heavy atom. The number of halogens is 1. The molecule has 0 atom stereocenters. The molecule has 1 amide bonds. The van der Waals surface area contributed by atoms with Gasteiger partial charge in [-0.3, -0.25) is 9.59 Å². The monoisotopic (exact) mass is 389 g/mol. The van der Waals surface area contributed by atoms with Gasteiger partial charge in [0.25, 0.3) is 5.56 Å². The predicted octanol–water partition coefficient (Wildman–Crippen LogP) is 3.32. The molecule has 0 spiro atoms. The Bertz CT molecular complexity index is 942. The number of rotatable bonds is 6. The molecule has 0 aliphatic carbocycles. The van der Waals surface area contributed by atoms with Crippen LogP contribution in [0.4, 0.5) is 0 Å². The van der Waals surface area contributed by atoms with Gasteiger partial charge in [-0.15, -0.1) is 0 Å². The van der Waals surface area contributed by atoms with Gasteiger partial charge in [-0.2, -0.15) is 0 Å². The fourth-order valence-corrected chi connectivity index (χ4v) is 3.25. The molecule has 0 saturated heterocycles. The summed E-state index contributed by atoms with van der Waals surface area (Å²) in [6.07, 6.45) is 3.88. The third kappa shape index (κ3) is 3.24. The van der Waals surface area contributed by atoms with Gasteiger partial charge in [0.05, 0.1) is 11.0 Å².